The van der Waals surface area contributed by atoms with E-state index in [-0.39, 0.29) is 25.4 Å². The summed E-state index contributed by atoms with van der Waals surface area (Å²) in [6.07, 6.45) is 0.106. The molecule has 156 valence electrons. The third-order valence-corrected chi connectivity index (χ3v) is 5.73. The van der Waals surface area contributed by atoms with Crippen molar-refractivity contribution in [3.05, 3.63) is 52.5 Å². The van der Waals surface area contributed by atoms with Gasteiger partial charge in [-0.05, 0) is 55.3 Å². The van der Waals surface area contributed by atoms with Crippen LogP contribution < -0.4 is 19.1 Å². The number of fused-ring (bicyclic) bond motifs is 1. The number of carbonyl (C=O) groups excluding carboxylic acids is 1. The zero-order valence-electron chi connectivity index (χ0n) is 16.4. The Morgan fingerprint density at radius 1 is 1.24 bits per heavy atom. The lowest BCUT2D eigenvalue weighted by Crippen LogP contribution is -2.51. The fraction of sp³-hybridized carbons (Fsp3) is 0.350. The van der Waals surface area contributed by atoms with E-state index in [4.69, 9.17) is 21.1 Å². The first kappa shape index (κ1) is 21.3. The number of rotatable bonds is 6. The summed E-state index contributed by atoms with van der Waals surface area (Å²) in [5.74, 6) is 0.612. The molecule has 0 saturated carbocycles. The summed E-state index contributed by atoms with van der Waals surface area (Å²) in [7, 11) is -3.60. The average Bonchev–Trinajstić information content (AvgIpc) is 2.62. The van der Waals surface area contributed by atoms with Gasteiger partial charge >= 0.3 is 0 Å². The van der Waals surface area contributed by atoms with Gasteiger partial charge in [0, 0.05) is 5.02 Å². The van der Waals surface area contributed by atoms with E-state index in [1.807, 2.05) is 32.0 Å². The predicted molar refractivity (Wildman–Crippen MR) is 112 cm³/mol. The Balaban J connectivity index is 1.61. The van der Waals surface area contributed by atoms with Gasteiger partial charge in [0.25, 0.3) is 5.91 Å². The second-order valence-electron chi connectivity index (χ2n) is 6.98. The summed E-state index contributed by atoms with van der Waals surface area (Å²) < 4.78 is 36.9. The van der Waals surface area contributed by atoms with Crippen LogP contribution >= 0.6 is 11.6 Å². The second-order valence-corrected chi connectivity index (χ2v) is 9.32. The van der Waals surface area contributed by atoms with E-state index in [1.54, 1.807) is 12.1 Å². The lowest BCUT2D eigenvalue weighted by molar-refractivity contribution is -0.127. The van der Waals surface area contributed by atoms with Crippen LogP contribution in [0.4, 0.5) is 5.69 Å². The van der Waals surface area contributed by atoms with Crippen molar-refractivity contribution in [2.75, 3.05) is 30.3 Å². The molecule has 0 spiro atoms. The molecule has 0 aromatic heterocycles. The fourth-order valence-corrected chi connectivity index (χ4v) is 4.22. The quantitative estimate of drug-likeness (QED) is 0.701. The molecule has 1 amide bonds. The van der Waals surface area contributed by atoms with Crippen molar-refractivity contribution in [3.63, 3.8) is 0 Å². The SMILES string of the molecule is Cc1cc(C)cc(OCCNC(=O)[C@H]2CN(S(C)(=O)=O)c3cc(Cl)ccc3O2)c1. The smallest absolute Gasteiger partial charge is 0.263 e. The van der Waals surface area contributed by atoms with Crippen molar-refractivity contribution in [3.8, 4) is 11.5 Å². The second kappa shape index (κ2) is 8.51. The summed E-state index contributed by atoms with van der Waals surface area (Å²) in [4.78, 5) is 12.5. The molecule has 1 aliphatic heterocycles. The van der Waals surface area contributed by atoms with Crippen molar-refractivity contribution in [2.24, 2.45) is 0 Å². The summed E-state index contributed by atoms with van der Waals surface area (Å²) in [5, 5.41) is 3.11. The Hall–Kier alpha value is -2.45. The first-order valence-electron chi connectivity index (χ1n) is 9.06. The monoisotopic (exact) mass is 438 g/mol. The van der Waals surface area contributed by atoms with E-state index in [9.17, 15) is 13.2 Å². The van der Waals surface area contributed by atoms with Gasteiger partial charge in [0.2, 0.25) is 10.0 Å². The minimum Gasteiger partial charge on any atom is -0.492 e. The maximum absolute atomic E-state index is 12.5. The van der Waals surface area contributed by atoms with Crippen LogP contribution in [0.5, 0.6) is 11.5 Å². The van der Waals surface area contributed by atoms with Gasteiger partial charge in [-0.3, -0.25) is 9.10 Å². The van der Waals surface area contributed by atoms with Gasteiger partial charge in [-0.25, -0.2) is 8.42 Å². The van der Waals surface area contributed by atoms with Crippen molar-refractivity contribution in [1.82, 2.24) is 5.32 Å². The molecule has 7 nitrogen and oxygen atoms in total. The lowest BCUT2D eigenvalue weighted by atomic mass is 10.1. The van der Waals surface area contributed by atoms with Crippen molar-refractivity contribution in [2.45, 2.75) is 20.0 Å². The van der Waals surface area contributed by atoms with Crippen LogP contribution in [0, 0.1) is 13.8 Å². The number of amides is 1. The van der Waals surface area contributed by atoms with Gasteiger partial charge in [-0.1, -0.05) is 17.7 Å². The van der Waals surface area contributed by atoms with E-state index in [0.717, 1.165) is 27.4 Å². The number of sulfonamides is 1. The van der Waals surface area contributed by atoms with Crippen LogP contribution in [-0.2, 0) is 14.8 Å². The van der Waals surface area contributed by atoms with E-state index >= 15 is 0 Å². The van der Waals surface area contributed by atoms with Crippen molar-refractivity contribution >= 4 is 33.2 Å². The number of nitrogens with zero attached hydrogens (tertiary/aromatic N) is 1. The van der Waals surface area contributed by atoms with Gasteiger partial charge in [0.15, 0.2) is 6.10 Å². The molecular weight excluding hydrogens is 416 g/mol. The number of carbonyl (C=O) groups is 1. The molecule has 1 N–H and O–H groups in total. The third kappa shape index (κ3) is 5.33. The van der Waals surface area contributed by atoms with Crippen LogP contribution in [0.1, 0.15) is 11.1 Å². The summed E-state index contributed by atoms with van der Waals surface area (Å²) in [6, 6.07) is 10.5. The van der Waals surface area contributed by atoms with Crippen LogP contribution in [0.3, 0.4) is 0 Å². The van der Waals surface area contributed by atoms with Gasteiger partial charge in [-0.15, -0.1) is 0 Å². The molecule has 0 fully saturated rings. The van der Waals surface area contributed by atoms with Crippen molar-refractivity contribution in [1.29, 1.82) is 0 Å². The zero-order chi connectivity index (χ0) is 21.2. The topological polar surface area (TPSA) is 84.9 Å². The van der Waals surface area contributed by atoms with E-state index in [1.165, 1.54) is 6.07 Å². The van der Waals surface area contributed by atoms with Gasteiger partial charge in [-0.2, -0.15) is 0 Å². The number of hydrogen-bond donors (Lipinski definition) is 1. The molecule has 0 aliphatic carbocycles. The Morgan fingerprint density at radius 3 is 2.59 bits per heavy atom. The Morgan fingerprint density at radius 2 is 1.93 bits per heavy atom. The first-order valence-corrected chi connectivity index (χ1v) is 11.3. The molecule has 1 atom stereocenters. The molecule has 0 saturated heterocycles. The lowest BCUT2D eigenvalue weighted by Gasteiger charge is -2.34. The zero-order valence-corrected chi connectivity index (χ0v) is 18.0. The highest BCUT2D eigenvalue weighted by atomic mass is 35.5. The van der Waals surface area contributed by atoms with Gasteiger partial charge in [0.1, 0.15) is 18.1 Å². The molecule has 0 unspecified atom stereocenters. The third-order valence-electron chi connectivity index (χ3n) is 4.35. The number of hydrogen-bond acceptors (Lipinski definition) is 5. The molecule has 9 heteroatoms. The predicted octanol–water partition coefficient (Wildman–Crippen LogP) is 2.68. The fourth-order valence-electron chi connectivity index (χ4n) is 3.15. The molecular formula is C20H23ClN2O5S. The van der Waals surface area contributed by atoms with E-state index in [2.05, 4.69) is 5.32 Å². The maximum atomic E-state index is 12.5. The maximum Gasteiger partial charge on any atom is 0.263 e. The number of aryl methyl sites for hydroxylation is 2. The standard InChI is InChI=1S/C20H23ClN2O5S/c1-13-8-14(2)10-16(9-13)27-7-6-22-20(24)19-12-23(29(3,25)26)17-11-15(21)4-5-18(17)28-19/h4-5,8-11,19H,6-7,12H2,1-3H3,(H,22,24)/t19-/m1/s1. The Bertz CT molecular complexity index is 1010. The van der Waals surface area contributed by atoms with E-state index in [0.29, 0.717) is 10.7 Å². The summed E-state index contributed by atoms with van der Waals surface area (Å²) >= 11 is 5.98. The minimum atomic E-state index is -3.60. The van der Waals surface area contributed by atoms with Gasteiger partial charge < -0.3 is 14.8 Å². The summed E-state index contributed by atoms with van der Waals surface area (Å²) in [5.41, 5.74) is 2.51. The number of nitrogens with one attached hydrogen (secondary N) is 1. The first-order chi connectivity index (χ1) is 13.6. The Kier molecular flexibility index (Phi) is 6.24. The minimum absolute atomic E-state index is 0.129. The average molecular weight is 439 g/mol. The van der Waals surface area contributed by atoms with E-state index < -0.39 is 22.0 Å². The molecule has 3 rings (SSSR count). The number of anilines is 1. The normalized spacial score (nSPS) is 16.0. The molecule has 2 aromatic carbocycles. The number of halogens is 1. The molecule has 1 heterocycles. The van der Waals surface area contributed by atoms with Crippen molar-refractivity contribution < 1.29 is 22.7 Å². The largest absolute Gasteiger partial charge is 0.492 e. The van der Waals surface area contributed by atoms with Crippen LogP contribution in [0.25, 0.3) is 0 Å². The number of ether oxygens (including phenoxy) is 2. The Labute approximate surface area is 175 Å². The molecule has 29 heavy (non-hydrogen) atoms. The van der Waals surface area contributed by atoms with Gasteiger partial charge in [0.05, 0.1) is 25.0 Å². The molecule has 0 radical (unpaired) electrons. The van der Waals surface area contributed by atoms with Crippen LogP contribution in [0.15, 0.2) is 36.4 Å². The molecule has 2 aromatic rings. The summed E-state index contributed by atoms with van der Waals surface area (Å²) in [6.45, 7) is 4.39. The number of benzene rings is 2. The molecule has 1 aliphatic rings. The highest BCUT2D eigenvalue weighted by Gasteiger charge is 2.35. The highest BCUT2D eigenvalue weighted by molar-refractivity contribution is 7.92. The van der Waals surface area contributed by atoms with Crippen LogP contribution in [0.2, 0.25) is 5.02 Å². The molecule has 0 bridgehead atoms. The highest BCUT2D eigenvalue weighted by Crippen LogP contribution is 2.37. The van der Waals surface area contributed by atoms with Crippen LogP contribution in [-0.4, -0.2) is 46.4 Å².